The molecule has 0 saturated carbocycles. The Morgan fingerprint density at radius 2 is 1.85 bits per heavy atom. The lowest BCUT2D eigenvalue weighted by molar-refractivity contribution is 0.262. The molecule has 26 heavy (non-hydrogen) atoms. The molecule has 2 N–H and O–H groups in total. The molecule has 0 aliphatic heterocycles. The number of rotatable bonds is 2. The summed E-state index contributed by atoms with van der Waals surface area (Å²) in [6, 6.07) is 9.00. The van der Waals surface area contributed by atoms with E-state index < -0.39 is 6.03 Å². The number of hydrogen-bond acceptors (Lipinski definition) is 4. The summed E-state index contributed by atoms with van der Waals surface area (Å²) >= 11 is 0. The fraction of sp³-hybridized carbons (Fsp3) is 0.100. The highest BCUT2D eigenvalue weighted by molar-refractivity contribution is 6.00. The van der Waals surface area contributed by atoms with Crippen LogP contribution in [0.15, 0.2) is 55.1 Å². The van der Waals surface area contributed by atoms with Crippen LogP contribution in [0.1, 0.15) is 22.4 Å². The van der Waals surface area contributed by atoms with Crippen molar-refractivity contribution in [3.8, 4) is 11.8 Å². The van der Waals surface area contributed by atoms with Gasteiger partial charge >= 0.3 is 6.03 Å². The Hall–Kier alpha value is -3.72. The van der Waals surface area contributed by atoms with Crippen molar-refractivity contribution in [3.63, 3.8) is 0 Å². The number of hydrogen-bond donors (Lipinski definition) is 2. The van der Waals surface area contributed by atoms with Crippen LogP contribution < -0.4 is 10.6 Å². The number of pyridine rings is 1. The van der Waals surface area contributed by atoms with Crippen LogP contribution in [0, 0.1) is 25.7 Å². The molecular weight excluding hydrogens is 326 g/mol. The predicted molar refractivity (Wildman–Crippen MR) is 101 cm³/mol. The zero-order valence-corrected chi connectivity index (χ0v) is 14.4. The Balaban J connectivity index is 1.81. The van der Waals surface area contributed by atoms with Crippen LogP contribution in [-0.2, 0) is 0 Å². The van der Waals surface area contributed by atoms with Gasteiger partial charge in [0.25, 0.3) is 0 Å². The molecule has 6 heteroatoms. The molecule has 0 unspecified atom stereocenters. The Morgan fingerprint density at radius 1 is 1.00 bits per heavy atom. The van der Waals surface area contributed by atoms with Gasteiger partial charge in [-0.25, -0.2) is 9.78 Å². The Bertz CT molecular complexity index is 990. The maximum atomic E-state index is 12.3. The molecule has 6 nitrogen and oxygen atoms in total. The van der Waals surface area contributed by atoms with E-state index in [0.717, 1.165) is 11.1 Å². The van der Waals surface area contributed by atoms with E-state index >= 15 is 0 Å². The quantitative estimate of drug-likeness (QED) is 0.698. The molecule has 0 saturated heterocycles. The lowest BCUT2D eigenvalue weighted by atomic mass is 10.1. The van der Waals surface area contributed by atoms with Gasteiger partial charge in [-0.2, -0.15) is 0 Å². The Labute approximate surface area is 151 Å². The molecule has 0 radical (unpaired) electrons. The van der Waals surface area contributed by atoms with Crippen molar-refractivity contribution < 1.29 is 4.79 Å². The van der Waals surface area contributed by atoms with E-state index in [1.807, 2.05) is 37.3 Å². The summed E-state index contributed by atoms with van der Waals surface area (Å²) in [5.41, 5.74) is 3.80. The van der Waals surface area contributed by atoms with Crippen LogP contribution in [0.25, 0.3) is 0 Å². The van der Waals surface area contributed by atoms with Crippen LogP contribution >= 0.6 is 0 Å². The van der Waals surface area contributed by atoms with Crippen LogP contribution in [0.2, 0.25) is 0 Å². The molecule has 0 fully saturated rings. The highest BCUT2D eigenvalue weighted by atomic mass is 16.2. The Kier molecular flexibility index (Phi) is 5.20. The third-order valence-electron chi connectivity index (χ3n) is 3.54. The van der Waals surface area contributed by atoms with Gasteiger partial charge in [-0.1, -0.05) is 17.9 Å². The van der Waals surface area contributed by atoms with E-state index in [2.05, 4.69) is 37.4 Å². The molecule has 2 heterocycles. The van der Waals surface area contributed by atoms with Crippen molar-refractivity contribution in [3.05, 3.63) is 77.5 Å². The summed E-state index contributed by atoms with van der Waals surface area (Å²) in [6.07, 6.45) is 6.49. The monoisotopic (exact) mass is 343 g/mol. The van der Waals surface area contributed by atoms with Gasteiger partial charge in [0.1, 0.15) is 0 Å². The minimum absolute atomic E-state index is 0.399. The number of benzene rings is 1. The predicted octanol–water partition coefficient (Wildman–Crippen LogP) is 3.53. The fourth-order valence-corrected chi connectivity index (χ4v) is 2.24. The van der Waals surface area contributed by atoms with Crippen LogP contribution in [0.4, 0.5) is 16.3 Å². The van der Waals surface area contributed by atoms with Crippen molar-refractivity contribution in [1.82, 2.24) is 15.0 Å². The van der Waals surface area contributed by atoms with Gasteiger partial charge in [0.05, 0.1) is 11.4 Å². The minimum atomic E-state index is -0.399. The summed E-state index contributed by atoms with van der Waals surface area (Å²) in [7, 11) is 0. The second-order valence-electron chi connectivity index (χ2n) is 5.61. The normalized spacial score (nSPS) is 9.77. The number of anilines is 2. The molecule has 0 atom stereocenters. The average molecular weight is 343 g/mol. The Morgan fingerprint density at radius 3 is 2.62 bits per heavy atom. The number of carbonyl (C=O) groups is 1. The first-order valence-corrected chi connectivity index (χ1v) is 8.00. The minimum Gasteiger partial charge on any atom is -0.306 e. The molecule has 3 aromatic rings. The number of nitrogens with zero attached hydrogens (tertiary/aromatic N) is 3. The number of nitrogens with one attached hydrogen (secondary N) is 2. The standard InChI is InChI=1S/C20H17N5O/c1-14-5-7-17(8-6-16-4-3-9-21-13-16)18(12-14)24-20(26)25-19-15(2)22-10-11-23-19/h3-5,7,9-13H,1-2H3,(H2,23,24,25,26). The summed E-state index contributed by atoms with van der Waals surface area (Å²) < 4.78 is 0. The highest BCUT2D eigenvalue weighted by Gasteiger charge is 2.09. The lowest BCUT2D eigenvalue weighted by Crippen LogP contribution is -2.21. The molecule has 2 aromatic heterocycles. The maximum Gasteiger partial charge on any atom is 0.324 e. The van der Waals surface area contributed by atoms with Gasteiger partial charge in [0.15, 0.2) is 5.82 Å². The van der Waals surface area contributed by atoms with Gasteiger partial charge in [0.2, 0.25) is 0 Å². The van der Waals surface area contributed by atoms with Gasteiger partial charge in [-0.3, -0.25) is 15.3 Å². The largest absolute Gasteiger partial charge is 0.324 e. The third kappa shape index (κ3) is 4.42. The van der Waals surface area contributed by atoms with E-state index in [9.17, 15) is 4.79 Å². The molecule has 0 bridgehead atoms. The van der Waals surface area contributed by atoms with E-state index in [4.69, 9.17) is 0 Å². The number of aryl methyl sites for hydroxylation is 2. The molecule has 3 rings (SSSR count). The van der Waals surface area contributed by atoms with Gasteiger partial charge in [0, 0.05) is 35.9 Å². The summed E-state index contributed by atoms with van der Waals surface area (Å²) in [4.78, 5) is 24.6. The first-order valence-electron chi connectivity index (χ1n) is 8.00. The number of amides is 2. The molecular formula is C20H17N5O. The lowest BCUT2D eigenvalue weighted by Gasteiger charge is -2.10. The molecule has 0 spiro atoms. The van der Waals surface area contributed by atoms with Crippen molar-refractivity contribution in [1.29, 1.82) is 0 Å². The van der Waals surface area contributed by atoms with E-state index in [0.29, 0.717) is 22.8 Å². The second-order valence-corrected chi connectivity index (χ2v) is 5.61. The van der Waals surface area contributed by atoms with Gasteiger partial charge in [-0.15, -0.1) is 0 Å². The number of carbonyl (C=O) groups excluding carboxylic acids is 1. The zero-order valence-electron chi connectivity index (χ0n) is 14.4. The molecule has 128 valence electrons. The molecule has 1 aromatic carbocycles. The van der Waals surface area contributed by atoms with Crippen LogP contribution in [0.3, 0.4) is 0 Å². The third-order valence-corrected chi connectivity index (χ3v) is 3.54. The van der Waals surface area contributed by atoms with Crippen molar-refractivity contribution in [2.75, 3.05) is 10.6 Å². The molecule has 0 aliphatic rings. The fourth-order valence-electron chi connectivity index (χ4n) is 2.24. The van der Waals surface area contributed by atoms with Crippen LogP contribution in [-0.4, -0.2) is 21.0 Å². The summed E-state index contributed by atoms with van der Waals surface area (Å²) in [6.45, 7) is 3.73. The van der Waals surface area contributed by atoms with E-state index in [-0.39, 0.29) is 0 Å². The van der Waals surface area contributed by atoms with Crippen molar-refractivity contribution in [2.45, 2.75) is 13.8 Å². The SMILES string of the molecule is Cc1ccc(C#Cc2cccnc2)c(NC(=O)Nc2nccnc2C)c1. The number of aromatic nitrogens is 3. The van der Waals surface area contributed by atoms with Crippen LogP contribution in [0.5, 0.6) is 0 Å². The van der Waals surface area contributed by atoms with Gasteiger partial charge < -0.3 is 5.32 Å². The van der Waals surface area contributed by atoms with Crippen molar-refractivity contribution in [2.24, 2.45) is 0 Å². The van der Waals surface area contributed by atoms with E-state index in [1.54, 1.807) is 25.5 Å². The summed E-state index contributed by atoms with van der Waals surface area (Å²) in [5, 5.41) is 5.52. The van der Waals surface area contributed by atoms with E-state index in [1.165, 1.54) is 6.20 Å². The topological polar surface area (TPSA) is 79.8 Å². The average Bonchev–Trinajstić information content (AvgIpc) is 2.64. The second kappa shape index (κ2) is 7.90. The first kappa shape index (κ1) is 17.1. The molecule has 2 amide bonds. The molecule has 0 aliphatic carbocycles. The smallest absolute Gasteiger partial charge is 0.306 e. The number of urea groups is 1. The summed E-state index contributed by atoms with van der Waals surface area (Å²) in [5.74, 6) is 6.54. The van der Waals surface area contributed by atoms with Crippen molar-refractivity contribution >= 4 is 17.5 Å². The maximum absolute atomic E-state index is 12.3. The first-order chi connectivity index (χ1) is 12.6. The highest BCUT2D eigenvalue weighted by Crippen LogP contribution is 2.17. The zero-order chi connectivity index (χ0) is 18.4. The van der Waals surface area contributed by atoms with Gasteiger partial charge in [-0.05, 0) is 43.7 Å².